The van der Waals surface area contributed by atoms with Crippen molar-refractivity contribution >= 4 is 29.3 Å². The fraction of sp³-hybridized carbons (Fsp3) is 0.263. The number of rotatable bonds is 5. The topological polar surface area (TPSA) is 55.0 Å². The molecule has 0 unspecified atom stereocenters. The minimum atomic E-state index is -0.143. The Morgan fingerprint density at radius 1 is 1.21 bits per heavy atom. The summed E-state index contributed by atoms with van der Waals surface area (Å²) in [4.78, 5) is 19.0. The van der Waals surface area contributed by atoms with Gasteiger partial charge in [0.1, 0.15) is 0 Å². The molecule has 0 amide bonds. The van der Waals surface area contributed by atoms with E-state index in [1.807, 2.05) is 19.1 Å². The lowest BCUT2D eigenvalue weighted by Crippen LogP contribution is -2.05. The summed E-state index contributed by atoms with van der Waals surface area (Å²) in [6, 6.07) is 10.3. The van der Waals surface area contributed by atoms with Crippen molar-refractivity contribution in [2.45, 2.75) is 26.7 Å². The molecule has 3 aromatic rings. The van der Waals surface area contributed by atoms with Crippen LogP contribution in [-0.4, -0.2) is 22.5 Å². The van der Waals surface area contributed by atoms with Crippen molar-refractivity contribution in [1.82, 2.24) is 9.97 Å². The van der Waals surface area contributed by atoms with Gasteiger partial charge in [-0.2, -0.15) is 0 Å². The number of halogens is 1. The second-order valence-corrected chi connectivity index (χ2v) is 5.55. The molecule has 0 fully saturated rings. The number of hydrogen-bond acceptors (Lipinski definition) is 3. The van der Waals surface area contributed by atoms with E-state index in [0.29, 0.717) is 19.4 Å². The molecule has 0 radical (unpaired) electrons. The highest BCUT2D eigenvalue weighted by Crippen LogP contribution is 2.30. The fourth-order valence-corrected chi connectivity index (χ4v) is 2.82. The predicted molar refractivity (Wildman–Crippen MR) is 98.5 cm³/mol. The van der Waals surface area contributed by atoms with Gasteiger partial charge in [-0.15, -0.1) is 12.4 Å². The largest absolute Gasteiger partial charge is 0.466 e. The molecule has 2 aromatic heterocycles. The predicted octanol–water partition coefficient (Wildman–Crippen LogP) is 4.46. The number of aromatic nitrogens is 2. The standard InChI is InChI=1S/C19H20N2O2.ClH/c1-3-23-18(22)7-5-14-4-6-17-16(12-14)13(2)19(21-17)15-8-10-20-11-9-15;/h4,6,8-12,21H,3,5,7H2,1-2H3;1H. The number of carbonyl (C=O) groups is 1. The van der Waals surface area contributed by atoms with Crippen LogP contribution in [0.2, 0.25) is 0 Å². The first kappa shape index (κ1) is 18.0. The third-order valence-corrected chi connectivity index (χ3v) is 4.01. The number of esters is 1. The Balaban J connectivity index is 0.00000208. The van der Waals surface area contributed by atoms with Gasteiger partial charge in [-0.1, -0.05) is 6.07 Å². The van der Waals surface area contributed by atoms with Crippen LogP contribution in [0.3, 0.4) is 0 Å². The Morgan fingerprint density at radius 2 is 1.96 bits per heavy atom. The number of nitrogens with one attached hydrogen (secondary N) is 1. The summed E-state index contributed by atoms with van der Waals surface area (Å²) >= 11 is 0. The van der Waals surface area contributed by atoms with Crippen LogP contribution in [0.25, 0.3) is 22.2 Å². The molecule has 5 heteroatoms. The highest BCUT2D eigenvalue weighted by Gasteiger charge is 2.10. The fourth-order valence-electron chi connectivity index (χ4n) is 2.82. The van der Waals surface area contributed by atoms with Gasteiger partial charge in [0, 0.05) is 41.0 Å². The van der Waals surface area contributed by atoms with Gasteiger partial charge in [-0.05, 0) is 55.7 Å². The number of carbonyl (C=O) groups excluding carboxylic acids is 1. The van der Waals surface area contributed by atoms with Gasteiger partial charge >= 0.3 is 5.97 Å². The first-order valence-corrected chi connectivity index (χ1v) is 7.86. The molecule has 4 nitrogen and oxygen atoms in total. The van der Waals surface area contributed by atoms with E-state index in [1.54, 1.807) is 12.4 Å². The van der Waals surface area contributed by atoms with Crippen molar-refractivity contribution in [2.24, 2.45) is 0 Å². The van der Waals surface area contributed by atoms with Gasteiger partial charge in [0.15, 0.2) is 0 Å². The van der Waals surface area contributed by atoms with Crippen molar-refractivity contribution in [3.05, 3.63) is 53.9 Å². The SMILES string of the molecule is CCOC(=O)CCc1ccc2[nH]c(-c3ccncc3)c(C)c2c1.Cl. The summed E-state index contributed by atoms with van der Waals surface area (Å²) in [5.41, 5.74) is 5.71. The molecular weight excluding hydrogens is 324 g/mol. The van der Waals surface area contributed by atoms with Crippen LogP contribution in [0, 0.1) is 6.92 Å². The highest BCUT2D eigenvalue weighted by molar-refractivity contribution is 5.91. The number of fused-ring (bicyclic) bond motifs is 1. The van der Waals surface area contributed by atoms with Gasteiger partial charge in [0.2, 0.25) is 0 Å². The Bertz CT molecular complexity index is 828. The van der Waals surface area contributed by atoms with Crippen molar-refractivity contribution in [3.8, 4) is 11.3 Å². The van der Waals surface area contributed by atoms with Crippen LogP contribution in [-0.2, 0) is 16.0 Å². The summed E-state index contributed by atoms with van der Waals surface area (Å²) < 4.78 is 4.99. The van der Waals surface area contributed by atoms with Gasteiger partial charge in [0.25, 0.3) is 0 Å². The maximum Gasteiger partial charge on any atom is 0.306 e. The van der Waals surface area contributed by atoms with Crippen LogP contribution < -0.4 is 0 Å². The van der Waals surface area contributed by atoms with Crippen LogP contribution in [0.4, 0.5) is 0 Å². The van der Waals surface area contributed by atoms with E-state index in [4.69, 9.17) is 4.74 Å². The molecule has 0 saturated carbocycles. The summed E-state index contributed by atoms with van der Waals surface area (Å²) in [5.74, 6) is -0.143. The van der Waals surface area contributed by atoms with Crippen molar-refractivity contribution in [2.75, 3.05) is 6.61 Å². The molecule has 0 saturated heterocycles. The average Bonchev–Trinajstić information content (AvgIpc) is 2.91. The third-order valence-electron chi connectivity index (χ3n) is 4.01. The van der Waals surface area contributed by atoms with E-state index in [9.17, 15) is 4.79 Å². The number of aryl methyl sites for hydroxylation is 2. The Hall–Kier alpha value is -2.33. The second kappa shape index (κ2) is 7.97. The Kier molecular flexibility index (Phi) is 5.99. The third kappa shape index (κ3) is 3.77. The number of ether oxygens (including phenoxy) is 1. The normalized spacial score (nSPS) is 10.4. The van der Waals surface area contributed by atoms with Crippen LogP contribution >= 0.6 is 12.4 Å². The molecule has 3 rings (SSSR count). The first-order valence-electron chi connectivity index (χ1n) is 7.86. The van der Waals surface area contributed by atoms with Crippen molar-refractivity contribution < 1.29 is 9.53 Å². The Morgan fingerprint density at radius 3 is 2.67 bits per heavy atom. The number of benzene rings is 1. The maximum absolute atomic E-state index is 11.5. The molecular formula is C19H21ClN2O2. The zero-order valence-corrected chi connectivity index (χ0v) is 14.7. The first-order chi connectivity index (χ1) is 11.2. The summed E-state index contributed by atoms with van der Waals surface area (Å²) in [7, 11) is 0. The number of nitrogens with zero attached hydrogens (tertiary/aromatic N) is 1. The molecule has 0 aliphatic heterocycles. The zero-order valence-electron chi connectivity index (χ0n) is 13.8. The van der Waals surface area contributed by atoms with Crippen molar-refractivity contribution in [1.29, 1.82) is 0 Å². The summed E-state index contributed by atoms with van der Waals surface area (Å²) in [5, 5.41) is 1.19. The Labute approximate surface area is 147 Å². The molecule has 0 aliphatic carbocycles. The minimum absolute atomic E-state index is 0. The average molecular weight is 345 g/mol. The van der Waals surface area contributed by atoms with Gasteiger partial charge in [-0.25, -0.2) is 0 Å². The molecule has 126 valence electrons. The summed E-state index contributed by atoms with van der Waals surface area (Å²) in [6.45, 7) is 4.38. The molecule has 0 bridgehead atoms. The van der Waals surface area contributed by atoms with Gasteiger partial charge in [-0.3, -0.25) is 9.78 Å². The van der Waals surface area contributed by atoms with E-state index in [-0.39, 0.29) is 18.4 Å². The minimum Gasteiger partial charge on any atom is -0.466 e. The monoisotopic (exact) mass is 344 g/mol. The quantitative estimate of drug-likeness (QED) is 0.695. The number of hydrogen-bond donors (Lipinski definition) is 1. The lowest BCUT2D eigenvalue weighted by atomic mass is 10.0. The van der Waals surface area contributed by atoms with Gasteiger partial charge < -0.3 is 9.72 Å². The van der Waals surface area contributed by atoms with Crippen LogP contribution in [0.15, 0.2) is 42.7 Å². The van der Waals surface area contributed by atoms with Crippen molar-refractivity contribution in [3.63, 3.8) is 0 Å². The highest BCUT2D eigenvalue weighted by atomic mass is 35.5. The summed E-state index contributed by atoms with van der Waals surface area (Å²) in [6.07, 6.45) is 4.71. The molecule has 0 aliphatic rings. The van der Waals surface area contributed by atoms with E-state index < -0.39 is 0 Å². The molecule has 1 aromatic carbocycles. The van der Waals surface area contributed by atoms with E-state index in [1.165, 1.54) is 10.9 Å². The number of aromatic amines is 1. The molecule has 24 heavy (non-hydrogen) atoms. The maximum atomic E-state index is 11.5. The van der Waals surface area contributed by atoms with Crippen LogP contribution in [0.5, 0.6) is 0 Å². The molecule has 2 heterocycles. The number of H-pyrrole nitrogens is 1. The lowest BCUT2D eigenvalue weighted by molar-refractivity contribution is -0.143. The van der Waals surface area contributed by atoms with E-state index in [2.05, 4.69) is 35.1 Å². The van der Waals surface area contributed by atoms with E-state index >= 15 is 0 Å². The smallest absolute Gasteiger partial charge is 0.306 e. The number of pyridine rings is 1. The van der Waals surface area contributed by atoms with Crippen LogP contribution in [0.1, 0.15) is 24.5 Å². The lowest BCUT2D eigenvalue weighted by Gasteiger charge is -2.03. The molecule has 1 N–H and O–H groups in total. The molecule has 0 atom stereocenters. The van der Waals surface area contributed by atoms with E-state index in [0.717, 1.165) is 22.3 Å². The molecule has 0 spiro atoms. The second-order valence-electron chi connectivity index (χ2n) is 5.55. The van der Waals surface area contributed by atoms with Gasteiger partial charge in [0.05, 0.1) is 6.61 Å². The zero-order chi connectivity index (χ0) is 16.2.